The van der Waals surface area contributed by atoms with E-state index in [1.165, 1.54) is 32.4 Å². The smallest absolute Gasteiger partial charge is 0.317 e. The van der Waals surface area contributed by atoms with Crippen LogP contribution in [0.3, 0.4) is 0 Å². The molecule has 2 heterocycles. The summed E-state index contributed by atoms with van der Waals surface area (Å²) in [4.78, 5) is 29.4. The molecule has 7 heteroatoms. The number of nitrogens with one attached hydrogen (secondary N) is 1. The summed E-state index contributed by atoms with van der Waals surface area (Å²) in [5, 5.41) is 5.98. The number of hydrogen-bond acceptors (Lipinski definition) is 5. The summed E-state index contributed by atoms with van der Waals surface area (Å²) >= 11 is 0. The van der Waals surface area contributed by atoms with Crippen LogP contribution in [-0.2, 0) is 0 Å². The highest BCUT2D eigenvalue weighted by molar-refractivity contribution is 5.74. The van der Waals surface area contributed by atoms with E-state index in [-0.39, 0.29) is 6.03 Å². The van der Waals surface area contributed by atoms with Crippen molar-refractivity contribution in [3.63, 3.8) is 0 Å². The molecule has 7 nitrogen and oxygen atoms in total. The number of piperazine rings is 1. The fourth-order valence-electron chi connectivity index (χ4n) is 3.68. The summed E-state index contributed by atoms with van der Waals surface area (Å²) in [6.45, 7) is 7.27. The normalized spacial score (nSPS) is 18.6. The fraction of sp³-hybridized carbons (Fsp3) is 0.632. The van der Waals surface area contributed by atoms with Crippen LogP contribution in [0.25, 0.3) is 0 Å². The van der Waals surface area contributed by atoms with Crippen molar-refractivity contribution in [1.29, 1.82) is 0 Å². The van der Waals surface area contributed by atoms with Crippen molar-refractivity contribution in [2.24, 2.45) is 5.18 Å². The second kappa shape index (κ2) is 9.52. The summed E-state index contributed by atoms with van der Waals surface area (Å²) in [6.07, 6.45) is 5.00. The van der Waals surface area contributed by atoms with Gasteiger partial charge in [-0.15, -0.1) is 4.91 Å². The van der Waals surface area contributed by atoms with Gasteiger partial charge in [-0.1, -0.05) is 6.42 Å². The molecule has 0 saturated carbocycles. The number of amides is 2. The van der Waals surface area contributed by atoms with Gasteiger partial charge in [-0.05, 0) is 68.3 Å². The second-order valence-electron chi connectivity index (χ2n) is 7.07. The molecule has 2 fully saturated rings. The van der Waals surface area contributed by atoms with Crippen LogP contribution in [0.1, 0.15) is 25.7 Å². The zero-order chi connectivity index (χ0) is 18.2. The Hall–Kier alpha value is -2.15. The molecule has 2 saturated heterocycles. The summed E-state index contributed by atoms with van der Waals surface area (Å²) in [5.41, 5.74) is 1.51. The predicted octanol–water partition coefficient (Wildman–Crippen LogP) is 2.79. The molecule has 0 atom stereocenters. The van der Waals surface area contributed by atoms with E-state index in [1.807, 2.05) is 17.0 Å². The van der Waals surface area contributed by atoms with Crippen LogP contribution in [0.4, 0.5) is 16.2 Å². The minimum atomic E-state index is 0.0452. The van der Waals surface area contributed by atoms with E-state index in [2.05, 4.69) is 20.3 Å². The van der Waals surface area contributed by atoms with Gasteiger partial charge in [0.15, 0.2) is 0 Å². The highest BCUT2D eigenvalue weighted by Crippen LogP contribution is 2.20. The lowest BCUT2D eigenvalue weighted by Gasteiger charge is -2.36. The molecule has 0 aromatic heterocycles. The van der Waals surface area contributed by atoms with E-state index in [4.69, 9.17) is 0 Å². The standard InChI is InChI=1S/C19H29N5O2/c25-19(20-9-4-12-22-10-2-1-3-11-22)24-15-13-23(14-16-24)18-7-5-17(21-26)6-8-18/h5-8H,1-4,9-16H2,(H,20,25). The van der Waals surface area contributed by atoms with Gasteiger partial charge in [0.2, 0.25) is 0 Å². The van der Waals surface area contributed by atoms with Crippen molar-refractivity contribution in [3.8, 4) is 0 Å². The van der Waals surface area contributed by atoms with E-state index < -0.39 is 0 Å². The molecular weight excluding hydrogens is 330 g/mol. The molecular formula is C19H29N5O2. The van der Waals surface area contributed by atoms with E-state index in [0.717, 1.165) is 38.3 Å². The van der Waals surface area contributed by atoms with Gasteiger partial charge >= 0.3 is 6.03 Å². The number of carbonyl (C=O) groups is 1. The van der Waals surface area contributed by atoms with Gasteiger partial charge in [0.1, 0.15) is 5.69 Å². The number of carbonyl (C=O) groups excluding carboxylic acids is 1. The number of benzene rings is 1. The van der Waals surface area contributed by atoms with Crippen LogP contribution < -0.4 is 10.2 Å². The maximum absolute atomic E-state index is 12.3. The van der Waals surface area contributed by atoms with Crippen molar-refractivity contribution in [2.45, 2.75) is 25.7 Å². The number of piperidine rings is 1. The second-order valence-corrected chi connectivity index (χ2v) is 7.07. The summed E-state index contributed by atoms with van der Waals surface area (Å²) in [6, 6.07) is 7.32. The number of rotatable bonds is 6. The SMILES string of the molecule is O=Nc1ccc(N2CCN(C(=O)NCCCN3CCCCC3)CC2)cc1. The number of urea groups is 1. The van der Waals surface area contributed by atoms with Crippen LogP contribution in [0.15, 0.2) is 29.4 Å². The number of nitroso groups, excluding NO2 is 1. The number of anilines is 1. The molecule has 142 valence electrons. The van der Waals surface area contributed by atoms with E-state index >= 15 is 0 Å². The Kier molecular flexibility index (Phi) is 6.82. The van der Waals surface area contributed by atoms with Gasteiger partial charge in [-0.25, -0.2) is 4.79 Å². The van der Waals surface area contributed by atoms with Crippen molar-refractivity contribution in [3.05, 3.63) is 29.2 Å². The fourth-order valence-corrected chi connectivity index (χ4v) is 3.68. The average molecular weight is 359 g/mol. The van der Waals surface area contributed by atoms with Gasteiger partial charge in [-0.3, -0.25) is 0 Å². The molecule has 0 unspecified atom stereocenters. The Morgan fingerprint density at radius 3 is 2.31 bits per heavy atom. The molecule has 1 aromatic rings. The lowest BCUT2D eigenvalue weighted by atomic mass is 10.1. The summed E-state index contributed by atoms with van der Waals surface area (Å²) in [7, 11) is 0. The van der Waals surface area contributed by atoms with E-state index in [0.29, 0.717) is 18.8 Å². The number of likely N-dealkylation sites (tertiary alicyclic amines) is 1. The van der Waals surface area contributed by atoms with Crippen LogP contribution in [-0.4, -0.2) is 68.2 Å². The van der Waals surface area contributed by atoms with Crippen LogP contribution >= 0.6 is 0 Å². The maximum Gasteiger partial charge on any atom is 0.317 e. The monoisotopic (exact) mass is 359 g/mol. The molecule has 1 aromatic carbocycles. The minimum Gasteiger partial charge on any atom is -0.368 e. The highest BCUT2D eigenvalue weighted by atomic mass is 16.3. The summed E-state index contributed by atoms with van der Waals surface area (Å²) in [5.74, 6) is 0. The van der Waals surface area contributed by atoms with Crippen molar-refractivity contribution in [1.82, 2.24) is 15.1 Å². The van der Waals surface area contributed by atoms with Crippen molar-refractivity contribution < 1.29 is 4.79 Å². The van der Waals surface area contributed by atoms with Crippen molar-refractivity contribution in [2.75, 3.05) is 57.3 Å². The number of nitrogens with zero attached hydrogens (tertiary/aromatic N) is 4. The van der Waals surface area contributed by atoms with Crippen LogP contribution in [0, 0.1) is 4.91 Å². The molecule has 2 aliphatic rings. The lowest BCUT2D eigenvalue weighted by Crippen LogP contribution is -2.52. The van der Waals surface area contributed by atoms with Gasteiger partial charge in [0, 0.05) is 38.4 Å². The number of hydrogen-bond donors (Lipinski definition) is 1. The Bertz CT molecular complexity index is 578. The first-order valence-corrected chi connectivity index (χ1v) is 9.70. The molecule has 0 spiro atoms. The average Bonchev–Trinajstić information content (AvgIpc) is 2.72. The third kappa shape index (κ3) is 5.17. The van der Waals surface area contributed by atoms with Crippen LogP contribution in [0.5, 0.6) is 0 Å². The van der Waals surface area contributed by atoms with Gasteiger partial charge in [-0.2, -0.15) is 0 Å². The van der Waals surface area contributed by atoms with Gasteiger partial charge in [0.25, 0.3) is 0 Å². The Morgan fingerprint density at radius 1 is 0.962 bits per heavy atom. The molecule has 0 aliphatic carbocycles. The van der Waals surface area contributed by atoms with Crippen LogP contribution in [0.2, 0.25) is 0 Å². The quantitative estimate of drug-likeness (QED) is 0.626. The lowest BCUT2D eigenvalue weighted by molar-refractivity contribution is 0.191. The largest absolute Gasteiger partial charge is 0.368 e. The minimum absolute atomic E-state index is 0.0452. The predicted molar refractivity (Wildman–Crippen MR) is 104 cm³/mol. The molecule has 2 aliphatic heterocycles. The van der Waals surface area contributed by atoms with Crippen molar-refractivity contribution >= 4 is 17.4 Å². The zero-order valence-electron chi connectivity index (χ0n) is 15.4. The molecule has 1 N–H and O–H groups in total. The molecule has 26 heavy (non-hydrogen) atoms. The first-order valence-electron chi connectivity index (χ1n) is 9.70. The molecule has 3 rings (SSSR count). The first-order chi connectivity index (χ1) is 12.8. The molecule has 2 amide bonds. The van der Waals surface area contributed by atoms with E-state index in [1.54, 1.807) is 12.1 Å². The summed E-state index contributed by atoms with van der Waals surface area (Å²) < 4.78 is 0. The maximum atomic E-state index is 12.3. The third-order valence-corrected chi connectivity index (χ3v) is 5.26. The molecule has 0 bridgehead atoms. The molecule has 0 radical (unpaired) electrons. The first kappa shape index (κ1) is 18.6. The van der Waals surface area contributed by atoms with Gasteiger partial charge < -0.3 is 20.0 Å². The Morgan fingerprint density at radius 2 is 1.65 bits per heavy atom. The Balaban J connectivity index is 1.34. The topological polar surface area (TPSA) is 68.2 Å². The van der Waals surface area contributed by atoms with E-state index in [9.17, 15) is 9.70 Å². The third-order valence-electron chi connectivity index (χ3n) is 5.26. The zero-order valence-corrected chi connectivity index (χ0v) is 15.4. The highest BCUT2D eigenvalue weighted by Gasteiger charge is 2.21. The van der Waals surface area contributed by atoms with Gasteiger partial charge in [0.05, 0.1) is 0 Å². The Labute approximate surface area is 155 Å².